The van der Waals surface area contributed by atoms with E-state index in [0.29, 0.717) is 17.0 Å². The predicted molar refractivity (Wildman–Crippen MR) is 92.2 cm³/mol. The smallest absolute Gasteiger partial charge is 0.260 e. The van der Waals surface area contributed by atoms with E-state index >= 15 is 0 Å². The average molecular weight is 360 g/mol. The molecule has 3 aliphatic carbocycles. The quantitative estimate of drug-likeness (QED) is 0.894. The third kappa shape index (κ3) is 2.59. The first kappa shape index (κ1) is 16.1. The van der Waals surface area contributed by atoms with Gasteiger partial charge in [0, 0.05) is 18.0 Å². The lowest BCUT2D eigenvalue weighted by Crippen LogP contribution is -2.33. The van der Waals surface area contributed by atoms with E-state index in [1.807, 2.05) is 12.1 Å². The molecule has 0 aromatic carbocycles. The summed E-state index contributed by atoms with van der Waals surface area (Å²) in [4.78, 5) is 16.2. The Bertz CT molecular complexity index is 864. The highest BCUT2D eigenvalue weighted by Gasteiger charge is 2.61. The van der Waals surface area contributed by atoms with Crippen molar-refractivity contribution in [2.24, 2.45) is 11.3 Å². The van der Waals surface area contributed by atoms with Gasteiger partial charge >= 0.3 is 0 Å². The van der Waals surface area contributed by atoms with Crippen molar-refractivity contribution in [3.05, 3.63) is 23.9 Å². The van der Waals surface area contributed by atoms with Gasteiger partial charge in [-0.2, -0.15) is 4.98 Å². The van der Waals surface area contributed by atoms with Gasteiger partial charge in [-0.25, -0.2) is 13.3 Å². The number of nitrogens with one attached hydrogen (secondary N) is 1. The molecule has 0 radical (unpaired) electrons. The Labute approximate surface area is 150 Å². The molecule has 138 valence electrons. The standard InChI is InChI=1S/C19H22F2N4O/c20-19(21)11-13(19)16(26)23-17-22-15-4-1-3-14(25(15)24-17)12-5-9-18(10-6-12)7-2-8-18/h1,3-4,12-13H,2,5-11H2,(H,23,24,26)/t13-/m0/s1. The van der Waals surface area contributed by atoms with Crippen LogP contribution in [0.15, 0.2) is 18.2 Å². The molecule has 0 aliphatic heterocycles. The number of fused-ring (bicyclic) bond motifs is 1. The fraction of sp³-hybridized carbons (Fsp3) is 0.632. The first-order chi connectivity index (χ1) is 12.5. The van der Waals surface area contributed by atoms with Crippen molar-refractivity contribution < 1.29 is 13.6 Å². The molecule has 0 saturated heterocycles. The highest BCUT2D eigenvalue weighted by Crippen LogP contribution is 2.54. The number of alkyl halides is 2. The van der Waals surface area contributed by atoms with Crippen LogP contribution in [0.2, 0.25) is 0 Å². The fourth-order valence-corrected chi connectivity index (χ4v) is 4.69. The molecular formula is C19H22F2N4O. The number of rotatable bonds is 3. The third-order valence-electron chi connectivity index (χ3n) is 6.65. The number of aromatic nitrogens is 3. The zero-order valence-electron chi connectivity index (χ0n) is 14.5. The number of amides is 1. The number of nitrogens with zero attached hydrogens (tertiary/aromatic N) is 3. The monoisotopic (exact) mass is 360 g/mol. The number of carbonyl (C=O) groups is 1. The van der Waals surface area contributed by atoms with Gasteiger partial charge < -0.3 is 0 Å². The van der Waals surface area contributed by atoms with Crippen LogP contribution >= 0.6 is 0 Å². The zero-order chi connectivity index (χ0) is 17.9. The van der Waals surface area contributed by atoms with E-state index in [1.165, 1.54) is 32.1 Å². The van der Waals surface area contributed by atoms with E-state index < -0.39 is 17.7 Å². The van der Waals surface area contributed by atoms with Crippen molar-refractivity contribution in [3.8, 4) is 0 Å². The first-order valence-corrected chi connectivity index (χ1v) is 9.50. The second-order valence-corrected chi connectivity index (χ2v) is 8.29. The van der Waals surface area contributed by atoms with Crippen molar-refractivity contribution in [1.29, 1.82) is 0 Å². The predicted octanol–water partition coefficient (Wildman–Crippen LogP) is 4.15. The van der Waals surface area contributed by atoms with Crippen molar-refractivity contribution in [3.63, 3.8) is 0 Å². The van der Waals surface area contributed by atoms with Crippen LogP contribution in [0.3, 0.4) is 0 Å². The van der Waals surface area contributed by atoms with E-state index in [2.05, 4.69) is 21.5 Å². The molecule has 3 saturated carbocycles. The average Bonchev–Trinajstić information content (AvgIpc) is 3.05. The van der Waals surface area contributed by atoms with E-state index in [9.17, 15) is 13.6 Å². The molecule has 2 aromatic rings. The maximum Gasteiger partial charge on any atom is 0.260 e. The second-order valence-electron chi connectivity index (χ2n) is 8.29. The zero-order valence-corrected chi connectivity index (χ0v) is 14.5. The van der Waals surface area contributed by atoms with E-state index in [-0.39, 0.29) is 12.4 Å². The molecule has 0 bridgehead atoms. The minimum atomic E-state index is -2.88. The van der Waals surface area contributed by atoms with Crippen molar-refractivity contribution in [1.82, 2.24) is 14.6 Å². The number of hydrogen-bond donors (Lipinski definition) is 1. The number of halogens is 2. The summed E-state index contributed by atoms with van der Waals surface area (Å²) in [5.41, 5.74) is 2.34. The van der Waals surface area contributed by atoms with Gasteiger partial charge in [-0.05, 0) is 56.1 Å². The third-order valence-corrected chi connectivity index (χ3v) is 6.65. The highest BCUT2D eigenvalue weighted by atomic mass is 19.3. The van der Waals surface area contributed by atoms with Gasteiger partial charge in [-0.15, -0.1) is 5.10 Å². The molecule has 1 amide bonds. The minimum absolute atomic E-state index is 0.108. The van der Waals surface area contributed by atoms with Gasteiger partial charge in [-0.3, -0.25) is 10.1 Å². The molecule has 26 heavy (non-hydrogen) atoms. The van der Waals surface area contributed by atoms with Crippen LogP contribution in [-0.2, 0) is 4.79 Å². The summed E-state index contributed by atoms with van der Waals surface area (Å²) in [6.07, 6.45) is 8.55. The Kier molecular flexibility index (Phi) is 3.40. The lowest BCUT2D eigenvalue weighted by Gasteiger charge is -2.47. The summed E-state index contributed by atoms with van der Waals surface area (Å²) < 4.78 is 27.9. The molecule has 1 atom stereocenters. The first-order valence-electron chi connectivity index (χ1n) is 9.50. The van der Waals surface area contributed by atoms with Crippen LogP contribution in [-0.4, -0.2) is 26.4 Å². The SMILES string of the molecule is O=C(Nc1nc2cccc(C3CCC4(CCC4)CC3)n2n1)[C@@H]1CC1(F)F. The molecule has 2 heterocycles. The van der Waals surface area contributed by atoms with E-state index in [1.54, 1.807) is 4.52 Å². The number of hydrogen-bond acceptors (Lipinski definition) is 3. The van der Waals surface area contributed by atoms with Crippen LogP contribution in [0.4, 0.5) is 14.7 Å². The van der Waals surface area contributed by atoms with Crippen LogP contribution in [0.25, 0.3) is 5.65 Å². The Morgan fingerprint density at radius 1 is 1.19 bits per heavy atom. The maximum atomic E-state index is 13.1. The molecule has 2 aromatic heterocycles. The normalized spacial score (nSPS) is 26.6. The summed E-state index contributed by atoms with van der Waals surface area (Å²) in [6.45, 7) is 0. The lowest BCUT2D eigenvalue weighted by atomic mass is 9.59. The molecule has 0 unspecified atom stereocenters. The molecule has 1 spiro atoms. The molecular weight excluding hydrogens is 338 g/mol. The lowest BCUT2D eigenvalue weighted by molar-refractivity contribution is -0.119. The topological polar surface area (TPSA) is 59.3 Å². The van der Waals surface area contributed by atoms with Crippen molar-refractivity contribution >= 4 is 17.5 Å². The number of carbonyl (C=O) groups excluding carboxylic acids is 1. The van der Waals surface area contributed by atoms with Gasteiger partial charge in [0.1, 0.15) is 5.92 Å². The molecule has 3 aliphatic rings. The van der Waals surface area contributed by atoms with Gasteiger partial charge in [-0.1, -0.05) is 12.5 Å². The Balaban J connectivity index is 1.36. The van der Waals surface area contributed by atoms with Gasteiger partial charge in [0.2, 0.25) is 11.9 Å². The molecule has 3 fully saturated rings. The van der Waals surface area contributed by atoms with Crippen molar-refractivity contribution in [2.45, 2.75) is 63.2 Å². The fourth-order valence-electron chi connectivity index (χ4n) is 4.69. The Morgan fingerprint density at radius 3 is 2.54 bits per heavy atom. The minimum Gasteiger partial charge on any atom is -0.293 e. The Morgan fingerprint density at radius 2 is 1.92 bits per heavy atom. The molecule has 5 rings (SSSR count). The summed E-state index contributed by atoms with van der Waals surface area (Å²) in [7, 11) is 0. The Hall–Kier alpha value is -2.05. The molecule has 5 nitrogen and oxygen atoms in total. The molecule has 1 N–H and O–H groups in total. The summed E-state index contributed by atoms with van der Waals surface area (Å²) in [6, 6.07) is 5.84. The number of anilines is 1. The van der Waals surface area contributed by atoms with Crippen LogP contribution in [0.1, 0.15) is 63.0 Å². The van der Waals surface area contributed by atoms with E-state index in [4.69, 9.17) is 0 Å². The summed E-state index contributed by atoms with van der Waals surface area (Å²) in [5, 5.41) is 6.83. The van der Waals surface area contributed by atoms with E-state index in [0.717, 1.165) is 18.5 Å². The van der Waals surface area contributed by atoms with Gasteiger partial charge in [0.15, 0.2) is 5.65 Å². The molecule has 7 heteroatoms. The van der Waals surface area contributed by atoms with Crippen molar-refractivity contribution in [2.75, 3.05) is 5.32 Å². The van der Waals surface area contributed by atoms with Gasteiger partial charge in [0.05, 0.1) is 0 Å². The summed E-state index contributed by atoms with van der Waals surface area (Å²) >= 11 is 0. The summed E-state index contributed by atoms with van der Waals surface area (Å²) in [5.74, 6) is -4.28. The highest BCUT2D eigenvalue weighted by molar-refractivity contribution is 5.94. The van der Waals surface area contributed by atoms with Crippen LogP contribution < -0.4 is 5.32 Å². The maximum absolute atomic E-state index is 13.1. The second kappa shape index (κ2) is 5.47. The van der Waals surface area contributed by atoms with Gasteiger partial charge in [0.25, 0.3) is 5.92 Å². The van der Waals surface area contributed by atoms with Crippen LogP contribution in [0, 0.1) is 11.3 Å². The largest absolute Gasteiger partial charge is 0.293 e. The number of pyridine rings is 1. The van der Waals surface area contributed by atoms with Crippen LogP contribution in [0.5, 0.6) is 0 Å².